The smallest absolute Gasteiger partial charge is 0.219 e. The summed E-state index contributed by atoms with van der Waals surface area (Å²) >= 11 is 12.1. The lowest BCUT2D eigenvalue weighted by atomic mass is 10.2. The van der Waals surface area contributed by atoms with Crippen LogP contribution in [0.15, 0.2) is 18.2 Å². The summed E-state index contributed by atoms with van der Waals surface area (Å²) in [5, 5.41) is 5.62. The monoisotopic (exact) mass is 284 g/mol. The van der Waals surface area contributed by atoms with Gasteiger partial charge in [0.15, 0.2) is 0 Å². The van der Waals surface area contributed by atoms with E-state index in [1.165, 1.54) is 0 Å². The minimum absolute atomic E-state index is 0.547. The molecule has 0 saturated carbocycles. The summed E-state index contributed by atoms with van der Waals surface area (Å²) in [7, 11) is 1.63. The second kappa shape index (κ2) is 5.21. The highest BCUT2D eigenvalue weighted by Gasteiger charge is 2.17. The molecule has 0 spiro atoms. The van der Waals surface area contributed by atoms with Gasteiger partial charge < -0.3 is 4.74 Å². The van der Waals surface area contributed by atoms with Crippen LogP contribution in [0.25, 0.3) is 5.69 Å². The Morgan fingerprint density at radius 3 is 2.61 bits per heavy atom. The van der Waals surface area contributed by atoms with Crippen molar-refractivity contribution in [2.75, 3.05) is 7.11 Å². The average Bonchev–Trinajstić information content (AvgIpc) is 2.65. The van der Waals surface area contributed by atoms with Crippen LogP contribution in [0.2, 0.25) is 10.0 Å². The molecule has 5 heteroatoms. The third kappa shape index (κ3) is 2.20. The molecule has 0 fully saturated rings. The Hall–Kier alpha value is -1.19. The van der Waals surface area contributed by atoms with Gasteiger partial charge in [-0.25, -0.2) is 0 Å². The Balaban J connectivity index is 2.63. The molecule has 0 aliphatic rings. The normalized spacial score (nSPS) is 10.7. The van der Waals surface area contributed by atoms with Gasteiger partial charge in [0.1, 0.15) is 0 Å². The van der Waals surface area contributed by atoms with Crippen molar-refractivity contribution >= 4 is 23.2 Å². The third-order valence-electron chi connectivity index (χ3n) is 2.82. The highest BCUT2D eigenvalue weighted by molar-refractivity contribution is 6.35. The van der Waals surface area contributed by atoms with E-state index in [9.17, 15) is 0 Å². The number of ether oxygens (including phenoxy) is 1. The van der Waals surface area contributed by atoms with Crippen LogP contribution in [0.3, 0.4) is 0 Å². The van der Waals surface area contributed by atoms with E-state index in [1.807, 2.05) is 13.0 Å². The fraction of sp³-hybridized carbons (Fsp3) is 0.308. The Morgan fingerprint density at radius 1 is 1.33 bits per heavy atom. The molecule has 2 rings (SSSR count). The maximum absolute atomic E-state index is 6.20. The molecule has 1 heterocycles. The zero-order chi connectivity index (χ0) is 13.3. The van der Waals surface area contributed by atoms with Crippen molar-refractivity contribution in [2.24, 2.45) is 0 Å². The van der Waals surface area contributed by atoms with E-state index >= 15 is 0 Å². The summed E-state index contributed by atoms with van der Waals surface area (Å²) in [5.74, 6) is 0.722. The Bertz CT molecular complexity index is 579. The van der Waals surface area contributed by atoms with Crippen LogP contribution in [0.1, 0.15) is 18.2 Å². The predicted octanol–water partition coefficient (Wildman–Crippen LogP) is 4.06. The summed E-state index contributed by atoms with van der Waals surface area (Å²) in [6.45, 7) is 4.03. The van der Waals surface area contributed by atoms with Crippen molar-refractivity contribution in [3.8, 4) is 11.6 Å². The van der Waals surface area contributed by atoms with Crippen LogP contribution in [-0.2, 0) is 6.42 Å². The molecule has 18 heavy (non-hydrogen) atoms. The van der Waals surface area contributed by atoms with E-state index in [0.717, 1.165) is 29.2 Å². The van der Waals surface area contributed by atoms with Gasteiger partial charge in [-0.05, 0) is 31.5 Å². The van der Waals surface area contributed by atoms with Crippen molar-refractivity contribution in [1.82, 2.24) is 9.78 Å². The molecule has 2 aromatic rings. The molecular formula is C13H14Cl2N2O. The zero-order valence-electron chi connectivity index (χ0n) is 10.5. The first kappa shape index (κ1) is 13.2. The van der Waals surface area contributed by atoms with Crippen molar-refractivity contribution in [2.45, 2.75) is 20.3 Å². The molecule has 0 radical (unpaired) electrons. The number of methoxy groups -OCH3 is 1. The molecule has 0 unspecified atom stereocenters. The number of rotatable bonds is 3. The lowest BCUT2D eigenvalue weighted by Crippen LogP contribution is -2.01. The van der Waals surface area contributed by atoms with Crippen LogP contribution < -0.4 is 4.74 Å². The number of hydrogen-bond acceptors (Lipinski definition) is 2. The minimum atomic E-state index is 0.547. The predicted molar refractivity (Wildman–Crippen MR) is 74.3 cm³/mol. The van der Waals surface area contributed by atoms with E-state index < -0.39 is 0 Å². The third-order valence-corrected chi connectivity index (χ3v) is 3.36. The van der Waals surface area contributed by atoms with Crippen LogP contribution in [0.5, 0.6) is 5.88 Å². The van der Waals surface area contributed by atoms with Crippen molar-refractivity contribution in [3.05, 3.63) is 39.5 Å². The maximum atomic E-state index is 6.20. The van der Waals surface area contributed by atoms with Gasteiger partial charge in [-0.3, -0.25) is 0 Å². The summed E-state index contributed by atoms with van der Waals surface area (Å²) in [6, 6.07) is 5.31. The first-order valence-corrected chi connectivity index (χ1v) is 6.42. The van der Waals surface area contributed by atoms with Crippen LogP contribution >= 0.6 is 23.2 Å². The number of aryl methyl sites for hydroxylation is 1. The highest BCUT2D eigenvalue weighted by atomic mass is 35.5. The fourth-order valence-electron chi connectivity index (χ4n) is 1.97. The molecule has 0 atom stereocenters. The largest absolute Gasteiger partial charge is 0.481 e. The zero-order valence-corrected chi connectivity index (χ0v) is 12.0. The molecule has 96 valence electrons. The number of benzene rings is 1. The SMILES string of the molecule is CCc1c(C)nn(-c2ccc(Cl)cc2Cl)c1OC. The molecule has 0 N–H and O–H groups in total. The molecule has 0 aliphatic carbocycles. The molecule has 0 bridgehead atoms. The lowest BCUT2D eigenvalue weighted by Gasteiger charge is -2.09. The average molecular weight is 285 g/mol. The van der Waals surface area contributed by atoms with Crippen LogP contribution in [0.4, 0.5) is 0 Å². The number of halogens is 2. The fourth-order valence-corrected chi connectivity index (χ4v) is 2.46. The summed E-state index contributed by atoms with van der Waals surface area (Å²) < 4.78 is 7.15. The Kier molecular flexibility index (Phi) is 3.83. The van der Waals surface area contributed by atoms with E-state index in [1.54, 1.807) is 23.9 Å². The molecular weight excluding hydrogens is 271 g/mol. The first-order valence-electron chi connectivity index (χ1n) is 5.66. The number of aromatic nitrogens is 2. The van der Waals surface area contributed by atoms with Crippen LogP contribution in [0, 0.1) is 6.92 Å². The summed E-state index contributed by atoms with van der Waals surface area (Å²) in [4.78, 5) is 0. The second-order valence-corrected chi connectivity index (χ2v) is 4.78. The molecule has 0 amide bonds. The standard InChI is InChI=1S/C13H14Cl2N2O/c1-4-10-8(2)16-17(13(10)18-3)12-6-5-9(14)7-11(12)15/h5-7H,4H2,1-3H3. The highest BCUT2D eigenvalue weighted by Crippen LogP contribution is 2.31. The van der Waals surface area contributed by atoms with Gasteiger partial charge in [-0.15, -0.1) is 0 Å². The van der Waals surface area contributed by atoms with E-state index in [-0.39, 0.29) is 0 Å². The topological polar surface area (TPSA) is 27.1 Å². The molecule has 0 aliphatic heterocycles. The van der Waals surface area contributed by atoms with Gasteiger partial charge in [0.25, 0.3) is 0 Å². The van der Waals surface area contributed by atoms with Gasteiger partial charge >= 0.3 is 0 Å². The van der Waals surface area contributed by atoms with E-state index in [4.69, 9.17) is 27.9 Å². The van der Waals surface area contributed by atoms with Crippen LogP contribution in [-0.4, -0.2) is 16.9 Å². The quantitative estimate of drug-likeness (QED) is 0.850. The maximum Gasteiger partial charge on any atom is 0.219 e. The number of nitrogens with zero attached hydrogens (tertiary/aromatic N) is 2. The van der Waals surface area contributed by atoms with Crippen molar-refractivity contribution in [1.29, 1.82) is 0 Å². The summed E-state index contributed by atoms with van der Waals surface area (Å²) in [6.07, 6.45) is 0.861. The Labute approximate surface area is 116 Å². The molecule has 3 nitrogen and oxygen atoms in total. The Morgan fingerprint density at radius 2 is 2.06 bits per heavy atom. The van der Waals surface area contributed by atoms with Gasteiger partial charge in [-0.1, -0.05) is 30.1 Å². The van der Waals surface area contributed by atoms with E-state index in [0.29, 0.717) is 10.0 Å². The van der Waals surface area contributed by atoms with Gasteiger partial charge in [0, 0.05) is 10.6 Å². The molecule has 0 saturated heterocycles. The van der Waals surface area contributed by atoms with Gasteiger partial charge in [0.2, 0.25) is 5.88 Å². The second-order valence-electron chi connectivity index (χ2n) is 3.93. The minimum Gasteiger partial charge on any atom is -0.481 e. The van der Waals surface area contributed by atoms with Crippen molar-refractivity contribution in [3.63, 3.8) is 0 Å². The van der Waals surface area contributed by atoms with Gasteiger partial charge in [0.05, 0.1) is 23.5 Å². The van der Waals surface area contributed by atoms with Gasteiger partial charge in [-0.2, -0.15) is 9.78 Å². The lowest BCUT2D eigenvalue weighted by molar-refractivity contribution is 0.379. The van der Waals surface area contributed by atoms with E-state index in [2.05, 4.69) is 12.0 Å². The number of hydrogen-bond donors (Lipinski definition) is 0. The molecule has 1 aromatic carbocycles. The van der Waals surface area contributed by atoms with Crippen molar-refractivity contribution < 1.29 is 4.74 Å². The first-order chi connectivity index (χ1) is 8.58. The molecule has 1 aromatic heterocycles. The summed E-state index contributed by atoms with van der Waals surface area (Å²) in [5.41, 5.74) is 2.80.